The summed E-state index contributed by atoms with van der Waals surface area (Å²) >= 11 is 0. The van der Waals surface area contributed by atoms with Gasteiger partial charge in [0.1, 0.15) is 0 Å². The SMILES string of the molecule is N#Cc1ccc(CNC(=O)C2CCCC2CN)cc1. The molecule has 1 aliphatic rings. The maximum atomic E-state index is 12.1. The first kappa shape index (κ1) is 13.6. The van der Waals surface area contributed by atoms with Crippen LogP contribution in [0.3, 0.4) is 0 Å². The summed E-state index contributed by atoms with van der Waals surface area (Å²) in [5.74, 6) is 0.515. The molecule has 0 aliphatic heterocycles. The summed E-state index contributed by atoms with van der Waals surface area (Å²) in [6.45, 7) is 1.10. The van der Waals surface area contributed by atoms with Gasteiger partial charge in [0.15, 0.2) is 0 Å². The summed E-state index contributed by atoms with van der Waals surface area (Å²) in [5, 5.41) is 11.7. The summed E-state index contributed by atoms with van der Waals surface area (Å²) < 4.78 is 0. The van der Waals surface area contributed by atoms with E-state index in [0.717, 1.165) is 24.8 Å². The summed E-state index contributed by atoms with van der Waals surface area (Å²) in [4.78, 5) is 12.1. The van der Waals surface area contributed by atoms with Crippen molar-refractivity contribution in [1.82, 2.24) is 5.32 Å². The zero-order valence-corrected chi connectivity index (χ0v) is 10.9. The topological polar surface area (TPSA) is 78.9 Å². The lowest BCUT2D eigenvalue weighted by Crippen LogP contribution is -2.34. The van der Waals surface area contributed by atoms with Crippen molar-refractivity contribution < 1.29 is 4.79 Å². The van der Waals surface area contributed by atoms with Crippen molar-refractivity contribution in [2.75, 3.05) is 6.54 Å². The van der Waals surface area contributed by atoms with Crippen LogP contribution in [-0.4, -0.2) is 12.5 Å². The molecule has 100 valence electrons. The van der Waals surface area contributed by atoms with Crippen molar-refractivity contribution in [3.63, 3.8) is 0 Å². The molecule has 2 unspecified atom stereocenters. The second-order valence-corrected chi connectivity index (χ2v) is 5.06. The Bertz CT molecular complexity index is 475. The Labute approximate surface area is 113 Å². The maximum absolute atomic E-state index is 12.1. The third kappa shape index (κ3) is 3.33. The molecule has 1 aromatic carbocycles. The molecule has 0 spiro atoms. The van der Waals surface area contributed by atoms with E-state index in [-0.39, 0.29) is 11.8 Å². The van der Waals surface area contributed by atoms with Gasteiger partial charge in [0.25, 0.3) is 0 Å². The first-order valence-electron chi connectivity index (χ1n) is 6.71. The highest BCUT2D eigenvalue weighted by molar-refractivity contribution is 5.79. The number of benzene rings is 1. The van der Waals surface area contributed by atoms with Gasteiger partial charge in [0.05, 0.1) is 11.6 Å². The van der Waals surface area contributed by atoms with E-state index in [4.69, 9.17) is 11.0 Å². The highest BCUT2D eigenvalue weighted by Crippen LogP contribution is 2.30. The fraction of sp³-hybridized carbons (Fsp3) is 0.467. The lowest BCUT2D eigenvalue weighted by atomic mass is 9.95. The van der Waals surface area contributed by atoms with E-state index in [0.29, 0.717) is 24.6 Å². The van der Waals surface area contributed by atoms with Crippen molar-refractivity contribution in [2.45, 2.75) is 25.8 Å². The van der Waals surface area contributed by atoms with Crippen molar-refractivity contribution in [3.8, 4) is 6.07 Å². The molecule has 3 N–H and O–H groups in total. The van der Waals surface area contributed by atoms with E-state index in [9.17, 15) is 4.79 Å². The molecule has 4 nitrogen and oxygen atoms in total. The molecule has 1 aromatic rings. The van der Waals surface area contributed by atoms with Crippen LogP contribution in [0.4, 0.5) is 0 Å². The van der Waals surface area contributed by atoms with E-state index in [1.54, 1.807) is 12.1 Å². The van der Waals surface area contributed by atoms with Crippen LogP contribution in [0.25, 0.3) is 0 Å². The molecule has 1 saturated carbocycles. The zero-order chi connectivity index (χ0) is 13.7. The first-order chi connectivity index (χ1) is 9.24. The molecule has 0 radical (unpaired) electrons. The molecule has 19 heavy (non-hydrogen) atoms. The van der Waals surface area contributed by atoms with Gasteiger partial charge in [-0.25, -0.2) is 0 Å². The molecular formula is C15H19N3O. The number of carbonyl (C=O) groups excluding carboxylic acids is 1. The number of nitrogens with zero attached hydrogens (tertiary/aromatic N) is 1. The van der Waals surface area contributed by atoms with Gasteiger partial charge in [-0.05, 0) is 43.0 Å². The van der Waals surface area contributed by atoms with Gasteiger partial charge in [-0.15, -0.1) is 0 Å². The lowest BCUT2D eigenvalue weighted by Gasteiger charge is -2.17. The van der Waals surface area contributed by atoms with Crippen molar-refractivity contribution in [1.29, 1.82) is 5.26 Å². The fourth-order valence-corrected chi connectivity index (χ4v) is 2.68. The number of hydrogen-bond donors (Lipinski definition) is 2. The molecule has 2 atom stereocenters. The van der Waals surface area contributed by atoms with Crippen molar-refractivity contribution >= 4 is 5.91 Å². The molecular weight excluding hydrogens is 238 g/mol. The minimum atomic E-state index is 0.0726. The predicted molar refractivity (Wildman–Crippen MR) is 72.9 cm³/mol. The third-order valence-electron chi connectivity index (χ3n) is 3.85. The molecule has 2 rings (SSSR count). The van der Waals surface area contributed by atoms with E-state index in [1.807, 2.05) is 12.1 Å². The highest BCUT2D eigenvalue weighted by Gasteiger charge is 2.31. The highest BCUT2D eigenvalue weighted by atomic mass is 16.1. The second kappa shape index (κ2) is 6.35. The quantitative estimate of drug-likeness (QED) is 0.859. The molecule has 1 fully saturated rings. The van der Waals surface area contributed by atoms with Crippen LogP contribution >= 0.6 is 0 Å². The Morgan fingerprint density at radius 2 is 2.11 bits per heavy atom. The van der Waals surface area contributed by atoms with E-state index in [1.165, 1.54) is 0 Å². The molecule has 0 saturated heterocycles. The van der Waals surface area contributed by atoms with Gasteiger partial charge in [0.2, 0.25) is 5.91 Å². The summed E-state index contributed by atoms with van der Waals surface area (Å²) in [7, 11) is 0. The molecule has 4 heteroatoms. The number of nitrogens with two attached hydrogens (primary N) is 1. The van der Waals surface area contributed by atoms with Crippen LogP contribution in [0.15, 0.2) is 24.3 Å². The number of rotatable bonds is 4. The first-order valence-corrected chi connectivity index (χ1v) is 6.71. The van der Waals surface area contributed by atoms with Gasteiger partial charge < -0.3 is 11.1 Å². The Morgan fingerprint density at radius 1 is 1.37 bits per heavy atom. The molecule has 0 bridgehead atoms. The normalized spacial score (nSPS) is 21.9. The smallest absolute Gasteiger partial charge is 0.223 e. The Morgan fingerprint density at radius 3 is 2.74 bits per heavy atom. The number of amides is 1. The van der Waals surface area contributed by atoms with Crippen LogP contribution in [-0.2, 0) is 11.3 Å². The average Bonchev–Trinajstić information content (AvgIpc) is 2.93. The number of carbonyl (C=O) groups is 1. The molecule has 1 amide bonds. The monoisotopic (exact) mass is 257 g/mol. The van der Waals surface area contributed by atoms with Crippen LogP contribution in [0.5, 0.6) is 0 Å². The number of nitriles is 1. The van der Waals surface area contributed by atoms with Crippen LogP contribution in [0, 0.1) is 23.2 Å². The lowest BCUT2D eigenvalue weighted by molar-refractivity contribution is -0.126. The fourth-order valence-electron chi connectivity index (χ4n) is 2.68. The van der Waals surface area contributed by atoms with Gasteiger partial charge in [0, 0.05) is 12.5 Å². The van der Waals surface area contributed by atoms with Gasteiger partial charge in [-0.1, -0.05) is 18.6 Å². The zero-order valence-electron chi connectivity index (χ0n) is 10.9. The maximum Gasteiger partial charge on any atom is 0.223 e. The summed E-state index contributed by atoms with van der Waals surface area (Å²) in [5.41, 5.74) is 7.33. The van der Waals surface area contributed by atoms with Crippen LogP contribution < -0.4 is 11.1 Å². The van der Waals surface area contributed by atoms with Crippen LogP contribution in [0.2, 0.25) is 0 Å². The van der Waals surface area contributed by atoms with Gasteiger partial charge in [-0.3, -0.25) is 4.79 Å². The standard InChI is InChI=1S/C15H19N3O/c16-8-11-4-6-12(7-5-11)10-18-15(19)14-3-1-2-13(14)9-17/h4-7,13-14H,1-3,9-10,17H2,(H,18,19). The van der Waals surface area contributed by atoms with E-state index >= 15 is 0 Å². The van der Waals surface area contributed by atoms with Gasteiger partial charge >= 0.3 is 0 Å². The Hall–Kier alpha value is -1.86. The van der Waals surface area contributed by atoms with E-state index in [2.05, 4.69) is 11.4 Å². The van der Waals surface area contributed by atoms with Crippen molar-refractivity contribution in [3.05, 3.63) is 35.4 Å². The average molecular weight is 257 g/mol. The number of nitrogens with one attached hydrogen (secondary N) is 1. The molecule has 0 aromatic heterocycles. The molecule has 1 aliphatic carbocycles. The summed E-state index contributed by atoms with van der Waals surface area (Å²) in [6.07, 6.45) is 3.10. The number of hydrogen-bond acceptors (Lipinski definition) is 3. The van der Waals surface area contributed by atoms with Crippen LogP contribution in [0.1, 0.15) is 30.4 Å². The minimum Gasteiger partial charge on any atom is -0.352 e. The van der Waals surface area contributed by atoms with Gasteiger partial charge in [-0.2, -0.15) is 5.26 Å². The largest absolute Gasteiger partial charge is 0.352 e. The molecule has 0 heterocycles. The Kier molecular flexibility index (Phi) is 4.53. The summed E-state index contributed by atoms with van der Waals surface area (Å²) in [6, 6.07) is 9.34. The minimum absolute atomic E-state index is 0.0726. The van der Waals surface area contributed by atoms with E-state index < -0.39 is 0 Å². The predicted octanol–water partition coefficient (Wildman–Crippen LogP) is 1.55. The second-order valence-electron chi connectivity index (χ2n) is 5.06. The van der Waals surface area contributed by atoms with Crippen molar-refractivity contribution in [2.24, 2.45) is 17.6 Å². The third-order valence-corrected chi connectivity index (χ3v) is 3.85. The Balaban J connectivity index is 1.87.